The molecule has 3 aromatic rings. The number of aryl methyl sites for hydroxylation is 2. The van der Waals surface area contributed by atoms with Crippen molar-refractivity contribution in [2.75, 3.05) is 31.1 Å². The highest BCUT2D eigenvalue weighted by molar-refractivity contribution is 5.97. The minimum atomic E-state index is -4.57. The molecule has 0 bridgehead atoms. The van der Waals surface area contributed by atoms with Gasteiger partial charge < -0.3 is 14.4 Å². The second-order valence-corrected chi connectivity index (χ2v) is 8.39. The van der Waals surface area contributed by atoms with Crippen LogP contribution in [0.15, 0.2) is 47.4 Å². The van der Waals surface area contributed by atoms with Crippen molar-refractivity contribution in [2.24, 2.45) is 0 Å². The molecule has 0 saturated carbocycles. The van der Waals surface area contributed by atoms with Gasteiger partial charge in [0.15, 0.2) is 0 Å². The Kier molecular flexibility index (Phi) is 5.95. The van der Waals surface area contributed by atoms with Crippen molar-refractivity contribution in [3.63, 3.8) is 0 Å². The van der Waals surface area contributed by atoms with Crippen LogP contribution in [-0.4, -0.2) is 41.6 Å². The van der Waals surface area contributed by atoms with Crippen LogP contribution in [0.3, 0.4) is 0 Å². The van der Waals surface area contributed by atoms with Gasteiger partial charge in [0.25, 0.3) is 5.91 Å². The summed E-state index contributed by atoms with van der Waals surface area (Å²) in [6.07, 6.45) is -3.10. The number of anilines is 1. The molecule has 1 aromatic heterocycles. The van der Waals surface area contributed by atoms with E-state index in [1.165, 1.54) is 23.4 Å². The first-order valence-corrected chi connectivity index (χ1v) is 11.0. The molecule has 1 fully saturated rings. The van der Waals surface area contributed by atoms with Crippen LogP contribution in [0.25, 0.3) is 10.9 Å². The molecule has 174 valence electrons. The Morgan fingerprint density at radius 1 is 1.03 bits per heavy atom. The second-order valence-electron chi connectivity index (χ2n) is 8.39. The predicted octanol–water partition coefficient (Wildman–Crippen LogP) is 4.62. The van der Waals surface area contributed by atoms with Crippen LogP contribution in [-0.2, 0) is 12.7 Å². The number of hydrogen-bond acceptors (Lipinski definition) is 3. The minimum Gasteiger partial charge on any atom is -0.368 e. The number of fused-ring (bicyclic) bond motifs is 1. The Labute approximate surface area is 190 Å². The maximum absolute atomic E-state index is 13.3. The summed E-state index contributed by atoms with van der Waals surface area (Å²) in [6, 6.07) is 9.22. The molecule has 8 heteroatoms. The standard InChI is InChI=1S/C25H26F3N3O2/c1-4-29-15-20(23(32)19-14-18(25(26,27)28)8-9-22(19)29)24(33)31-12-10-30(11-13-31)21-7-5-6-16(2)17(21)3/h5-9,14-15H,4,10-13H2,1-3H3. The summed E-state index contributed by atoms with van der Waals surface area (Å²) >= 11 is 0. The van der Waals surface area contributed by atoms with Crippen LogP contribution in [0.5, 0.6) is 0 Å². The summed E-state index contributed by atoms with van der Waals surface area (Å²) in [6.45, 7) is 8.45. The van der Waals surface area contributed by atoms with Gasteiger partial charge in [-0.2, -0.15) is 13.2 Å². The quantitative estimate of drug-likeness (QED) is 0.577. The van der Waals surface area contributed by atoms with Crippen LogP contribution in [0.2, 0.25) is 0 Å². The number of carbonyl (C=O) groups excluding carboxylic acids is 1. The highest BCUT2D eigenvalue weighted by atomic mass is 19.4. The lowest BCUT2D eigenvalue weighted by Gasteiger charge is -2.37. The van der Waals surface area contributed by atoms with Crippen LogP contribution >= 0.6 is 0 Å². The van der Waals surface area contributed by atoms with Crippen molar-refractivity contribution in [3.05, 3.63) is 75.1 Å². The van der Waals surface area contributed by atoms with Crippen molar-refractivity contribution in [2.45, 2.75) is 33.5 Å². The monoisotopic (exact) mass is 457 g/mol. The summed E-state index contributed by atoms with van der Waals surface area (Å²) in [5.41, 5.74) is 2.24. The van der Waals surface area contributed by atoms with Gasteiger partial charge in [-0.15, -0.1) is 0 Å². The molecule has 0 radical (unpaired) electrons. The zero-order chi connectivity index (χ0) is 23.9. The van der Waals surface area contributed by atoms with Gasteiger partial charge in [-0.25, -0.2) is 0 Å². The molecule has 1 saturated heterocycles. The highest BCUT2D eigenvalue weighted by Crippen LogP contribution is 2.31. The first-order valence-electron chi connectivity index (χ1n) is 11.0. The van der Waals surface area contributed by atoms with Crippen LogP contribution < -0.4 is 10.3 Å². The average Bonchev–Trinajstić information content (AvgIpc) is 2.80. The Balaban J connectivity index is 1.64. The molecule has 5 nitrogen and oxygen atoms in total. The van der Waals surface area contributed by atoms with Crippen molar-refractivity contribution in [3.8, 4) is 0 Å². The molecule has 1 aliphatic rings. The molecule has 0 spiro atoms. The Hall–Kier alpha value is -3.29. The molecule has 0 aliphatic carbocycles. The lowest BCUT2D eigenvalue weighted by atomic mass is 10.1. The van der Waals surface area contributed by atoms with Crippen molar-refractivity contribution in [1.82, 2.24) is 9.47 Å². The number of alkyl halides is 3. The fourth-order valence-electron chi connectivity index (χ4n) is 4.39. The maximum atomic E-state index is 13.3. The molecule has 1 amide bonds. The van der Waals surface area contributed by atoms with Gasteiger partial charge >= 0.3 is 6.18 Å². The van der Waals surface area contributed by atoms with E-state index in [0.29, 0.717) is 38.2 Å². The molecule has 1 aliphatic heterocycles. The minimum absolute atomic E-state index is 0.0912. The topological polar surface area (TPSA) is 45.6 Å². The number of nitrogens with zero attached hydrogens (tertiary/aromatic N) is 3. The van der Waals surface area contributed by atoms with Gasteiger partial charge in [-0.1, -0.05) is 12.1 Å². The lowest BCUT2D eigenvalue weighted by molar-refractivity contribution is -0.137. The van der Waals surface area contributed by atoms with E-state index in [1.54, 1.807) is 9.47 Å². The Morgan fingerprint density at radius 3 is 2.36 bits per heavy atom. The zero-order valence-electron chi connectivity index (χ0n) is 18.9. The van der Waals surface area contributed by atoms with Gasteiger partial charge in [0, 0.05) is 50.0 Å². The smallest absolute Gasteiger partial charge is 0.368 e. The number of amides is 1. The van der Waals surface area contributed by atoms with E-state index in [0.717, 1.165) is 17.8 Å². The number of pyridine rings is 1. The Bertz CT molecular complexity index is 1270. The van der Waals surface area contributed by atoms with Crippen LogP contribution in [0.1, 0.15) is 34.0 Å². The molecular weight excluding hydrogens is 431 g/mol. The summed E-state index contributed by atoms with van der Waals surface area (Å²) in [5.74, 6) is -0.442. The third-order valence-corrected chi connectivity index (χ3v) is 6.46. The highest BCUT2D eigenvalue weighted by Gasteiger charge is 2.32. The fourth-order valence-corrected chi connectivity index (χ4v) is 4.39. The summed E-state index contributed by atoms with van der Waals surface area (Å²) in [4.78, 5) is 30.2. The largest absolute Gasteiger partial charge is 0.416 e. The number of halogens is 3. The van der Waals surface area contributed by atoms with Crippen molar-refractivity contribution < 1.29 is 18.0 Å². The molecule has 0 N–H and O–H groups in total. The number of rotatable bonds is 3. The molecule has 2 aromatic carbocycles. The van der Waals surface area contributed by atoms with E-state index in [-0.39, 0.29) is 10.9 Å². The number of carbonyl (C=O) groups is 1. The van der Waals surface area contributed by atoms with Crippen molar-refractivity contribution in [1.29, 1.82) is 0 Å². The van der Waals surface area contributed by atoms with E-state index in [1.807, 2.05) is 13.0 Å². The first kappa shape index (κ1) is 22.9. The molecule has 2 heterocycles. The van der Waals surface area contributed by atoms with E-state index >= 15 is 0 Å². The summed E-state index contributed by atoms with van der Waals surface area (Å²) < 4.78 is 41.3. The molecule has 0 atom stereocenters. The Morgan fingerprint density at radius 2 is 1.73 bits per heavy atom. The van der Waals surface area contributed by atoms with Gasteiger partial charge in [0.2, 0.25) is 5.43 Å². The van der Waals surface area contributed by atoms with E-state index < -0.39 is 23.1 Å². The van der Waals surface area contributed by atoms with Crippen molar-refractivity contribution >= 4 is 22.5 Å². The lowest BCUT2D eigenvalue weighted by Crippen LogP contribution is -2.49. The number of benzene rings is 2. The number of piperazine rings is 1. The third-order valence-electron chi connectivity index (χ3n) is 6.46. The van der Waals surface area contributed by atoms with Crippen LogP contribution in [0, 0.1) is 13.8 Å². The van der Waals surface area contributed by atoms with E-state index in [2.05, 4.69) is 30.9 Å². The zero-order valence-corrected chi connectivity index (χ0v) is 18.9. The maximum Gasteiger partial charge on any atom is 0.416 e. The van der Waals surface area contributed by atoms with E-state index in [4.69, 9.17) is 0 Å². The van der Waals surface area contributed by atoms with E-state index in [9.17, 15) is 22.8 Å². The van der Waals surface area contributed by atoms with Gasteiger partial charge in [0.05, 0.1) is 11.1 Å². The normalized spacial score (nSPS) is 14.7. The molecule has 33 heavy (non-hydrogen) atoms. The molecule has 0 unspecified atom stereocenters. The number of aromatic nitrogens is 1. The van der Waals surface area contributed by atoms with Crippen LogP contribution in [0.4, 0.5) is 18.9 Å². The van der Waals surface area contributed by atoms with Gasteiger partial charge in [0.1, 0.15) is 5.56 Å². The SMILES string of the molecule is CCn1cc(C(=O)N2CCN(c3cccc(C)c3C)CC2)c(=O)c2cc(C(F)(F)F)ccc21. The molecule has 4 rings (SSSR count). The predicted molar refractivity (Wildman–Crippen MR) is 123 cm³/mol. The third kappa shape index (κ3) is 4.21. The fraction of sp³-hybridized carbons (Fsp3) is 0.360. The average molecular weight is 457 g/mol. The number of hydrogen-bond donors (Lipinski definition) is 0. The second kappa shape index (κ2) is 8.57. The summed E-state index contributed by atoms with van der Waals surface area (Å²) in [7, 11) is 0. The first-order chi connectivity index (χ1) is 15.6. The summed E-state index contributed by atoms with van der Waals surface area (Å²) in [5, 5.41) is -0.0912. The van der Waals surface area contributed by atoms with Gasteiger partial charge in [-0.05, 0) is 56.2 Å². The molecular formula is C25H26F3N3O2. The van der Waals surface area contributed by atoms with Gasteiger partial charge in [-0.3, -0.25) is 9.59 Å².